The molecule has 0 radical (unpaired) electrons. The van der Waals surface area contributed by atoms with Crippen molar-refractivity contribution in [3.05, 3.63) is 120 Å². The number of nitrogens with two attached hydrogens (primary N) is 2. The second-order valence-electron chi connectivity index (χ2n) is 13.2. The zero-order valence-corrected chi connectivity index (χ0v) is 34.4. The van der Waals surface area contributed by atoms with Gasteiger partial charge in [0.05, 0.1) is 44.8 Å². The van der Waals surface area contributed by atoms with Crippen molar-refractivity contribution < 1.29 is 40.9 Å². The summed E-state index contributed by atoms with van der Waals surface area (Å²) in [5, 5.41) is 24.3. The van der Waals surface area contributed by atoms with Crippen molar-refractivity contribution in [2.24, 2.45) is 0 Å². The van der Waals surface area contributed by atoms with Crippen molar-refractivity contribution in [2.75, 3.05) is 45.9 Å². The molecular weight excluding hydrogens is 815 g/mol. The number of benzene rings is 5. The van der Waals surface area contributed by atoms with Crippen LogP contribution in [-0.4, -0.2) is 87.0 Å². The third-order valence-electron chi connectivity index (χ3n) is 9.30. The van der Waals surface area contributed by atoms with Gasteiger partial charge in [0.1, 0.15) is 27.0 Å². The lowest BCUT2D eigenvalue weighted by atomic mass is 9.98. The SMILES string of the molecule is COc1ccc(CN(Cc2ccc(OC)cc2)S(=O)(=O)c2c(S(=O)(=O)NCCNC(=O)O)ccc(-c3ccc(N)c(N)c3)c2-c2nnn(Cc3ccc(OC)cc3)n2)cc1. The molecule has 0 spiro atoms. The van der Waals surface area contributed by atoms with E-state index in [9.17, 15) is 13.2 Å². The molecule has 7 N–H and O–H groups in total. The van der Waals surface area contributed by atoms with Gasteiger partial charge in [-0.05, 0) is 87.6 Å². The predicted octanol–water partition coefficient (Wildman–Crippen LogP) is 4.18. The molecule has 6 rings (SSSR count). The van der Waals surface area contributed by atoms with Crippen LogP contribution in [0.5, 0.6) is 17.2 Å². The first-order valence-electron chi connectivity index (χ1n) is 18.2. The average molecular weight is 858 g/mol. The summed E-state index contributed by atoms with van der Waals surface area (Å²) in [6.45, 7) is -1.04. The minimum atomic E-state index is -4.92. The normalized spacial score (nSPS) is 11.7. The number of anilines is 2. The number of aromatic nitrogens is 4. The molecule has 1 aromatic heterocycles. The van der Waals surface area contributed by atoms with Crippen LogP contribution in [0.1, 0.15) is 16.7 Å². The van der Waals surface area contributed by atoms with E-state index in [4.69, 9.17) is 30.8 Å². The molecule has 5 aromatic carbocycles. The van der Waals surface area contributed by atoms with Gasteiger partial charge in [-0.1, -0.05) is 48.5 Å². The zero-order valence-electron chi connectivity index (χ0n) is 32.8. The van der Waals surface area contributed by atoms with Gasteiger partial charge in [-0.25, -0.2) is 26.4 Å². The molecule has 0 aliphatic rings. The number of hydrogen-bond donors (Lipinski definition) is 5. The number of hydrogen-bond acceptors (Lipinski definition) is 13. The highest BCUT2D eigenvalue weighted by atomic mass is 32.2. The Bertz CT molecular complexity index is 2630. The van der Waals surface area contributed by atoms with Crippen molar-refractivity contribution in [2.45, 2.75) is 29.4 Å². The number of sulfonamides is 2. The third kappa shape index (κ3) is 9.92. The topological polar surface area (TPSA) is 256 Å². The summed E-state index contributed by atoms with van der Waals surface area (Å²) in [6.07, 6.45) is -1.37. The second kappa shape index (κ2) is 18.5. The van der Waals surface area contributed by atoms with E-state index in [-0.39, 0.29) is 54.5 Å². The van der Waals surface area contributed by atoms with Crippen molar-refractivity contribution >= 4 is 37.5 Å². The summed E-state index contributed by atoms with van der Waals surface area (Å²) in [6, 6.07) is 27.9. The maximum Gasteiger partial charge on any atom is 0.404 e. The van der Waals surface area contributed by atoms with Gasteiger partial charge >= 0.3 is 6.09 Å². The van der Waals surface area contributed by atoms with E-state index in [1.807, 2.05) is 0 Å². The monoisotopic (exact) mass is 857 g/mol. The summed E-state index contributed by atoms with van der Waals surface area (Å²) >= 11 is 0. The molecule has 0 saturated carbocycles. The summed E-state index contributed by atoms with van der Waals surface area (Å²) in [7, 11) is -5.08. The number of nitrogens with zero attached hydrogens (tertiary/aromatic N) is 5. The molecule has 1 heterocycles. The van der Waals surface area contributed by atoms with Crippen LogP contribution in [0.3, 0.4) is 0 Å². The molecule has 18 nitrogen and oxygen atoms in total. The van der Waals surface area contributed by atoms with E-state index in [1.165, 1.54) is 37.2 Å². The highest BCUT2D eigenvalue weighted by molar-refractivity contribution is 7.92. The Morgan fingerprint density at radius 2 is 1.28 bits per heavy atom. The minimum Gasteiger partial charge on any atom is -0.497 e. The molecule has 0 fully saturated rings. The Hall–Kier alpha value is -6.74. The maximum atomic E-state index is 15.7. The van der Waals surface area contributed by atoms with Crippen LogP contribution in [0, 0.1) is 0 Å². The van der Waals surface area contributed by atoms with Crippen LogP contribution in [0.2, 0.25) is 0 Å². The molecule has 20 heteroatoms. The van der Waals surface area contributed by atoms with Gasteiger partial charge in [0.2, 0.25) is 25.9 Å². The van der Waals surface area contributed by atoms with Crippen LogP contribution < -0.4 is 35.7 Å². The molecule has 1 amide bonds. The fourth-order valence-electron chi connectivity index (χ4n) is 6.20. The number of amides is 1. The summed E-state index contributed by atoms with van der Waals surface area (Å²) < 4.78 is 79.5. The first-order valence-corrected chi connectivity index (χ1v) is 21.1. The van der Waals surface area contributed by atoms with Gasteiger partial charge in [-0.3, -0.25) is 0 Å². The van der Waals surface area contributed by atoms with E-state index in [1.54, 1.807) is 86.0 Å². The highest BCUT2D eigenvalue weighted by Gasteiger charge is 2.38. The summed E-state index contributed by atoms with van der Waals surface area (Å²) in [4.78, 5) is 11.1. The molecule has 0 bridgehead atoms. The second-order valence-corrected chi connectivity index (χ2v) is 16.9. The molecule has 6 aromatic rings. The van der Waals surface area contributed by atoms with Crippen LogP contribution in [0.25, 0.3) is 22.5 Å². The number of ether oxygens (including phenoxy) is 3. The number of tetrazole rings is 1. The van der Waals surface area contributed by atoms with Gasteiger partial charge < -0.3 is 36.1 Å². The lowest BCUT2D eigenvalue weighted by molar-refractivity contribution is 0.194. The Morgan fingerprint density at radius 1 is 0.733 bits per heavy atom. The molecule has 0 aliphatic carbocycles. The van der Waals surface area contributed by atoms with E-state index in [0.29, 0.717) is 33.9 Å². The minimum absolute atomic E-state index is 0.112. The smallest absolute Gasteiger partial charge is 0.404 e. The fourth-order valence-corrected chi connectivity index (χ4v) is 9.64. The molecule has 0 unspecified atom stereocenters. The van der Waals surface area contributed by atoms with Gasteiger partial charge in [-0.15, -0.1) is 10.2 Å². The van der Waals surface area contributed by atoms with Gasteiger partial charge in [0.25, 0.3) is 0 Å². The van der Waals surface area contributed by atoms with E-state index < -0.39 is 42.5 Å². The van der Waals surface area contributed by atoms with Gasteiger partial charge in [0.15, 0.2) is 0 Å². The van der Waals surface area contributed by atoms with Crippen molar-refractivity contribution in [3.63, 3.8) is 0 Å². The summed E-state index contributed by atoms with van der Waals surface area (Å²) in [5.41, 5.74) is 15.0. The van der Waals surface area contributed by atoms with Crippen LogP contribution in [-0.2, 0) is 39.7 Å². The van der Waals surface area contributed by atoms with Crippen molar-refractivity contribution in [1.82, 2.24) is 34.6 Å². The van der Waals surface area contributed by atoms with E-state index in [2.05, 4.69) is 25.4 Å². The zero-order chi connectivity index (χ0) is 43.0. The molecule has 0 aliphatic heterocycles. The van der Waals surface area contributed by atoms with Crippen LogP contribution in [0.15, 0.2) is 113 Å². The number of nitrogen functional groups attached to an aromatic ring is 2. The predicted molar refractivity (Wildman–Crippen MR) is 223 cm³/mol. The first-order chi connectivity index (χ1) is 28.7. The highest BCUT2D eigenvalue weighted by Crippen LogP contribution is 2.42. The Labute approximate surface area is 346 Å². The lowest BCUT2D eigenvalue weighted by Gasteiger charge is -2.26. The standard InChI is InChI=1S/C40H43N9O9S2/c1-56-30-11-4-26(5-12-30)23-48(24-27-6-13-31(57-2)14-7-27)60(54,55)38-36(59(52,53)44-21-20-43-40(50)51)19-17-33(29-10-18-34(41)35(42)22-29)37(38)39-45-47-49(46-39)25-28-8-15-32(58-3)16-9-28/h4-19,22,43-44H,20-21,23-25,41-42H2,1-3H3,(H,50,51). The Kier molecular flexibility index (Phi) is 13.2. The van der Waals surface area contributed by atoms with Gasteiger partial charge in [-0.2, -0.15) is 9.10 Å². The molecule has 0 atom stereocenters. The molecule has 60 heavy (non-hydrogen) atoms. The molecule has 0 saturated heterocycles. The van der Waals surface area contributed by atoms with Crippen LogP contribution in [0.4, 0.5) is 16.2 Å². The van der Waals surface area contributed by atoms with Crippen LogP contribution >= 0.6 is 0 Å². The van der Waals surface area contributed by atoms with Crippen molar-refractivity contribution in [1.29, 1.82) is 0 Å². The van der Waals surface area contributed by atoms with Gasteiger partial charge in [0, 0.05) is 26.2 Å². The number of rotatable bonds is 18. The molecule has 314 valence electrons. The number of methoxy groups -OCH3 is 3. The largest absolute Gasteiger partial charge is 0.497 e. The number of carbonyl (C=O) groups is 1. The molecular formula is C40H43N9O9S2. The van der Waals surface area contributed by atoms with E-state index in [0.717, 1.165) is 15.9 Å². The first kappa shape index (κ1) is 42.9. The number of nitrogens with one attached hydrogen (secondary N) is 2. The third-order valence-corrected chi connectivity index (χ3v) is 12.8. The van der Waals surface area contributed by atoms with E-state index >= 15 is 8.42 Å². The quantitative estimate of drug-likeness (QED) is 0.0601. The maximum absolute atomic E-state index is 15.7. The Morgan fingerprint density at radius 3 is 1.80 bits per heavy atom. The fraction of sp³-hybridized carbons (Fsp3) is 0.200. The summed E-state index contributed by atoms with van der Waals surface area (Å²) in [5.74, 6) is 1.50. The number of carboxylic acid groups (broad SMARTS) is 1. The lowest BCUT2D eigenvalue weighted by Crippen LogP contribution is -2.36. The van der Waals surface area contributed by atoms with Crippen molar-refractivity contribution in [3.8, 4) is 39.8 Å². The average Bonchev–Trinajstić information content (AvgIpc) is 3.71. The Balaban J connectivity index is 1.61.